The maximum Gasteiger partial charge on any atom is 0.0726 e. The van der Waals surface area contributed by atoms with Gasteiger partial charge in [0.1, 0.15) is 0 Å². The first-order valence-electron chi connectivity index (χ1n) is 5.92. The van der Waals surface area contributed by atoms with Gasteiger partial charge in [0.2, 0.25) is 0 Å². The van der Waals surface area contributed by atoms with Gasteiger partial charge >= 0.3 is 0 Å². The number of rotatable bonds is 2. The normalized spacial score (nSPS) is 11.2. The van der Waals surface area contributed by atoms with E-state index in [1.807, 2.05) is 13.8 Å². The van der Waals surface area contributed by atoms with E-state index in [0.29, 0.717) is 5.92 Å². The second-order valence-corrected chi connectivity index (χ2v) is 4.77. The first kappa shape index (κ1) is 11.9. The number of anilines is 1. The molecule has 17 heavy (non-hydrogen) atoms. The highest BCUT2D eigenvalue weighted by molar-refractivity contribution is 5.93. The molecule has 3 heteroatoms. The number of hydrazine groups is 1. The minimum absolute atomic E-state index is 0.506. The number of hydrogen-bond acceptors (Lipinski definition) is 3. The Morgan fingerprint density at radius 1 is 1.24 bits per heavy atom. The van der Waals surface area contributed by atoms with Gasteiger partial charge in [-0.3, -0.25) is 10.8 Å². The lowest BCUT2D eigenvalue weighted by Gasteiger charge is -2.13. The molecule has 0 saturated carbocycles. The highest BCUT2D eigenvalue weighted by Gasteiger charge is 2.09. The van der Waals surface area contributed by atoms with Crippen molar-refractivity contribution < 1.29 is 0 Å². The van der Waals surface area contributed by atoms with Crippen LogP contribution in [0.15, 0.2) is 18.2 Å². The lowest BCUT2D eigenvalue weighted by Crippen LogP contribution is -2.10. The minimum Gasteiger partial charge on any atom is -0.323 e. The van der Waals surface area contributed by atoms with Gasteiger partial charge in [-0.2, -0.15) is 0 Å². The maximum atomic E-state index is 5.63. The Balaban J connectivity index is 2.79. The highest BCUT2D eigenvalue weighted by Crippen LogP contribution is 2.29. The van der Waals surface area contributed by atoms with Crippen LogP contribution >= 0.6 is 0 Å². The first-order chi connectivity index (χ1) is 8.04. The van der Waals surface area contributed by atoms with E-state index in [-0.39, 0.29) is 0 Å². The van der Waals surface area contributed by atoms with Crippen LogP contribution < -0.4 is 11.3 Å². The van der Waals surface area contributed by atoms with E-state index < -0.39 is 0 Å². The van der Waals surface area contributed by atoms with E-state index in [1.165, 1.54) is 5.56 Å². The minimum atomic E-state index is 0.506. The fraction of sp³-hybridized carbons (Fsp3) is 0.357. The third kappa shape index (κ3) is 1.98. The summed E-state index contributed by atoms with van der Waals surface area (Å²) in [6.45, 7) is 8.42. The number of aromatic nitrogens is 1. The molecule has 0 aliphatic rings. The Labute approximate surface area is 102 Å². The third-order valence-corrected chi connectivity index (χ3v) is 3.31. The molecule has 0 atom stereocenters. The van der Waals surface area contributed by atoms with Crippen LogP contribution in [-0.2, 0) is 0 Å². The van der Waals surface area contributed by atoms with E-state index in [9.17, 15) is 0 Å². The summed E-state index contributed by atoms with van der Waals surface area (Å²) in [6, 6.07) is 6.38. The average molecular weight is 229 g/mol. The predicted molar refractivity (Wildman–Crippen MR) is 73.1 cm³/mol. The molecule has 0 radical (unpaired) electrons. The molecular formula is C14H19N3. The molecule has 0 fully saturated rings. The topological polar surface area (TPSA) is 50.9 Å². The molecule has 1 heterocycles. The maximum absolute atomic E-state index is 5.63. The quantitative estimate of drug-likeness (QED) is 0.614. The monoisotopic (exact) mass is 229 g/mol. The molecule has 0 unspecified atom stereocenters. The smallest absolute Gasteiger partial charge is 0.0726 e. The van der Waals surface area contributed by atoms with E-state index in [2.05, 4.69) is 42.5 Å². The molecule has 2 rings (SSSR count). The van der Waals surface area contributed by atoms with Crippen molar-refractivity contribution in [2.24, 2.45) is 5.84 Å². The van der Waals surface area contributed by atoms with Gasteiger partial charge in [-0.15, -0.1) is 0 Å². The van der Waals surface area contributed by atoms with Crippen molar-refractivity contribution in [2.45, 2.75) is 33.6 Å². The Kier molecular flexibility index (Phi) is 3.03. The Morgan fingerprint density at radius 2 is 1.94 bits per heavy atom. The summed E-state index contributed by atoms with van der Waals surface area (Å²) in [4.78, 5) is 4.59. The van der Waals surface area contributed by atoms with Crippen LogP contribution in [0.2, 0.25) is 0 Å². The summed E-state index contributed by atoms with van der Waals surface area (Å²) in [5, 5.41) is 1.10. The van der Waals surface area contributed by atoms with Crippen molar-refractivity contribution >= 4 is 16.6 Å². The number of hydrogen-bond donors (Lipinski definition) is 2. The molecule has 0 saturated heterocycles. The zero-order chi connectivity index (χ0) is 12.6. The van der Waals surface area contributed by atoms with Gasteiger partial charge in [0.25, 0.3) is 0 Å². The lowest BCUT2D eigenvalue weighted by molar-refractivity contribution is 0.868. The molecule has 0 aliphatic heterocycles. The van der Waals surface area contributed by atoms with E-state index >= 15 is 0 Å². The number of nitrogens with two attached hydrogens (primary N) is 1. The van der Waals surface area contributed by atoms with Crippen LogP contribution in [-0.4, -0.2) is 4.98 Å². The van der Waals surface area contributed by atoms with Gasteiger partial charge in [-0.25, -0.2) is 0 Å². The Hall–Kier alpha value is -1.61. The fourth-order valence-electron chi connectivity index (χ4n) is 2.04. The second kappa shape index (κ2) is 4.34. The summed E-state index contributed by atoms with van der Waals surface area (Å²) in [5.74, 6) is 6.14. The molecule has 0 spiro atoms. The van der Waals surface area contributed by atoms with Crippen LogP contribution in [0.25, 0.3) is 10.9 Å². The van der Waals surface area contributed by atoms with Crippen molar-refractivity contribution in [1.29, 1.82) is 0 Å². The van der Waals surface area contributed by atoms with Crippen molar-refractivity contribution in [2.75, 3.05) is 5.43 Å². The van der Waals surface area contributed by atoms with Gasteiger partial charge in [-0.05, 0) is 43.0 Å². The fourth-order valence-corrected chi connectivity index (χ4v) is 2.04. The van der Waals surface area contributed by atoms with Gasteiger partial charge < -0.3 is 5.43 Å². The number of nitrogens with one attached hydrogen (secondary N) is 1. The summed E-state index contributed by atoms with van der Waals surface area (Å²) in [7, 11) is 0. The largest absolute Gasteiger partial charge is 0.323 e. The van der Waals surface area contributed by atoms with Crippen molar-refractivity contribution in [3.8, 4) is 0 Å². The molecule has 90 valence electrons. The van der Waals surface area contributed by atoms with Gasteiger partial charge in [0, 0.05) is 11.1 Å². The summed E-state index contributed by atoms with van der Waals surface area (Å²) in [6.07, 6.45) is 0. The SMILES string of the molecule is Cc1nc2ccc(C(C)C)cc2c(NN)c1C. The third-order valence-electron chi connectivity index (χ3n) is 3.31. The number of nitrogen functional groups attached to an aromatic ring is 1. The van der Waals surface area contributed by atoms with Crippen LogP contribution in [0.1, 0.15) is 36.6 Å². The second-order valence-electron chi connectivity index (χ2n) is 4.77. The molecule has 3 N–H and O–H groups in total. The Morgan fingerprint density at radius 3 is 2.53 bits per heavy atom. The summed E-state index contributed by atoms with van der Waals surface area (Å²) in [5.41, 5.74) is 8.21. The van der Waals surface area contributed by atoms with Crippen LogP contribution in [0.4, 0.5) is 5.69 Å². The van der Waals surface area contributed by atoms with Crippen LogP contribution in [0.3, 0.4) is 0 Å². The molecule has 1 aromatic heterocycles. The molecule has 0 bridgehead atoms. The molecule has 3 nitrogen and oxygen atoms in total. The van der Waals surface area contributed by atoms with Gasteiger partial charge in [0.05, 0.1) is 11.2 Å². The van der Waals surface area contributed by atoms with E-state index in [1.54, 1.807) is 0 Å². The van der Waals surface area contributed by atoms with Crippen molar-refractivity contribution in [3.63, 3.8) is 0 Å². The number of nitrogens with zero attached hydrogens (tertiary/aromatic N) is 1. The van der Waals surface area contributed by atoms with Gasteiger partial charge in [0.15, 0.2) is 0 Å². The molecule has 2 aromatic rings. The summed E-state index contributed by atoms with van der Waals surface area (Å²) < 4.78 is 0. The van der Waals surface area contributed by atoms with Crippen molar-refractivity contribution in [3.05, 3.63) is 35.0 Å². The Bertz CT molecular complexity index is 559. The number of pyridine rings is 1. The molecule has 0 amide bonds. The molecule has 0 aliphatic carbocycles. The first-order valence-corrected chi connectivity index (χ1v) is 5.92. The number of fused-ring (bicyclic) bond motifs is 1. The number of aryl methyl sites for hydroxylation is 1. The highest BCUT2D eigenvalue weighted by atomic mass is 15.2. The van der Waals surface area contributed by atoms with Crippen LogP contribution in [0.5, 0.6) is 0 Å². The summed E-state index contributed by atoms with van der Waals surface area (Å²) >= 11 is 0. The van der Waals surface area contributed by atoms with Crippen molar-refractivity contribution in [1.82, 2.24) is 4.98 Å². The van der Waals surface area contributed by atoms with E-state index in [4.69, 9.17) is 5.84 Å². The number of benzene rings is 1. The zero-order valence-corrected chi connectivity index (χ0v) is 10.8. The zero-order valence-electron chi connectivity index (χ0n) is 10.8. The predicted octanol–water partition coefficient (Wildman–Crippen LogP) is 3.26. The lowest BCUT2D eigenvalue weighted by atomic mass is 9.99. The van der Waals surface area contributed by atoms with Gasteiger partial charge in [-0.1, -0.05) is 19.9 Å². The standard InChI is InChI=1S/C14H19N3/c1-8(2)11-5-6-13-12(7-11)14(17-15)9(3)10(4)16-13/h5-8H,15H2,1-4H3,(H,16,17). The molecule has 1 aromatic carbocycles. The molecular weight excluding hydrogens is 210 g/mol. The van der Waals surface area contributed by atoms with E-state index in [0.717, 1.165) is 27.8 Å². The average Bonchev–Trinajstić information content (AvgIpc) is 2.30. The van der Waals surface area contributed by atoms with Crippen LogP contribution in [0, 0.1) is 13.8 Å².